The molecule has 8 heteroatoms. The molecule has 48 heavy (non-hydrogen) atoms. The van der Waals surface area contributed by atoms with E-state index in [1.54, 1.807) is 11.8 Å². The third kappa shape index (κ3) is 5.57. The van der Waals surface area contributed by atoms with Crippen LogP contribution in [0.4, 0.5) is 8.78 Å². The van der Waals surface area contributed by atoms with Gasteiger partial charge in [0.25, 0.3) is 0 Å². The first-order valence-electron chi connectivity index (χ1n) is 17.8. The maximum Gasteiger partial charge on any atom is 0.173 e. The molecule has 2 aromatic carbocycles. The van der Waals surface area contributed by atoms with Crippen molar-refractivity contribution in [3.63, 3.8) is 0 Å². The van der Waals surface area contributed by atoms with E-state index in [0.29, 0.717) is 51.7 Å². The zero-order chi connectivity index (χ0) is 34.4. The minimum Gasteiger partial charge on any atom is -0.386 e. The van der Waals surface area contributed by atoms with Gasteiger partial charge in [0.1, 0.15) is 5.60 Å². The molecule has 5 unspecified atom stereocenters. The van der Waals surface area contributed by atoms with E-state index in [1.165, 1.54) is 25.0 Å². The Morgan fingerprint density at radius 1 is 0.917 bits per heavy atom. The van der Waals surface area contributed by atoms with E-state index in [2.05, 4.69) is 62.4 Å². The number of alkyl halides is 2. The van der Waals surface area contributed by atoms with Gasteiger partial charge in [-0.05, 0) is 93.0 Å². The van der Waals surface area contributed by atoms with Gasteiger partial charge >= 0.3 is 0 Å². The lowest BCUT2D eigenvalue weighted by atomic mass is 9.48. The third-order valence-corrected chi connectivity index (χ3v) is 14.9. The lowest BCUT2D eigenvalue weighted by Crippen LogP contribution is -2.66. The molecule has 4 nitrogen and oxygen atoms in total. The molecule has 4 fully saturated rings. The van der Waals surface area contributed by atoms with Gasteiger partial charge in [0, 0.05) is 40.2 Å². The lowest BCUT2D eigenvalue weighted by Gasteiger charge is -2.60. The van der Waals surface area contributed by atoms with Gasteiger partial charge in [0.15, 0.2) is 16.9 Å². The number of ether oxygens (including phenoxy) is 2. The summed E-state index contributed by atoms with van der Waals surface area (Å²) >= 11 is 1.79. The number of allylic oxidation sites excluding steroid dienone is 1. The molecule has 3 saturated carbocycles. The minimum absolute atomic E-state index is 0.0206. The van der Waals surface area contributed by atoms with Crippen molar-refractivity contribution < 1.29 is 28.5 Å². The molecule has 1 saturated heterocycles. The smallest absolute Gasteiger partial charge is 0.173 e. The van der Waals surface area contributed by atoms with Crippen molar-refractivity contribution in [2.45, 2.75) is 131 Å². The summed E-state index contributed by atoms with van der Waals surface area (Å²) in [5.41, 5.74) is -1.58. The van der Waals surface area contributed by atoms with Crippen molar-refractivity contribution in [1.29, 1.82) is 0 Å². The second kappa shape index (κ2) is 11.9. The largest absolute Gasteiger partial charge is 0.386 e. The zero-order valence-corrected chi connectivity index (χ0v) is 31.1. The van der Waals surface area contributed by atoms with Gasteiger partial charge in [0.05, 0.1) is 18.8 Å². The first kappa shape index (κ1) is 35.1. The predicted molar refractivity (Wildman–Crippen MR) is 191 cm³/mol. The van der Waals surface area contributed by atoms with Crippen LogP contribution >= 0.6 is 21.0 Å². The molecule has 0 bridgehead atoms. The second-order valence-corrected chi connectivity index (χ2v) is 19.2. The summed E-state index contributed by atoms with van der Waals surface area (Å²) in [7, 11) is 2.02. The van der Waals surface area contributed by atoms with Crippen molar-refractivity contribution in [1.82, 2.24) is 0 Å². The number of aliphatic hydroxyl groups is 2. The maximum atomic E-state index is 16.8. The molecule has 0 amide bonds. The Kier molecular flexibility index (Phi) is 8.66. The Balaban J connectivity index is 1.27. The SMILES string of the molecule is CC1(C)COC2(CCC3=C4C(c5ccc(SCc6ccccc6)cc5)C[C@@]5(C)C(CC[C@@]5(O)[C@@](C)(F)C(C)(F)P)C4CC[C@@]3(O)C2)OC1. The molecule has 0 aromatic heterocycles. The molecule has 4 aliphatic carbocycles. The Morgan fingerprint density at radius 3 is 2.23 bits per heavy atom. The minimum atomic E-state index is -2.47. The molecule has 5 aliphatic rings. The second-order valence-electron chi connectivity index (χ2n) is 17.0. The van der Waals surface area contributed by atoms with Gasteiger partial charge < -0.3 is 19.7 Å². The van der Waals surface area contributed by atoms with Crippen LogP contribution in [0.5, 0.6) is 0 Å². The van der Waals surface area contributed by atoms with Crippen LogP contribution in [0.1, 0.15) is 103 Å². The predicted octanol–water partition coefficient (Wildman–Crippen LogP) is 9.29. The van der Waals surface area contributed by atoms with Gasteiger partial charge in [-0.1, -0.05) is 78.0 Å². The van der Waals surface area contributed by atoms with Crippen LogP contribution in [0.15, 0.2) is 70.6 Å². The number of fused-ring (bicyclic) bond motifs is 4. The monoisotopic (exact) mass is 698 g/mol. The number of rotatable bonds is 6. The molecule has 1 aliphatic heterocycles. The number of hydrogen-bond acceptors (Lipinski definition) is 5. The van der Waals surface area contributed by atoms with Gasteiger partial charge in [-0.15, -0.1) is 11.8 Å². The first-order chi connectivity index (χ1) is 22.4. The van der Waals surface area contributed by atoms with Crippen LogP contribution in [0.25, 0.3) is 0 Å². The Bertz CT molecular complexity index is 1550. The standard InChI is InChI=1S/C40H53F2O4PS/c1-34(2)24-45-39(46-25-34)19-16-32-33-29(15-18-38(32,43)23-39)31-17-20-40(44,36(4,41)37(5,42)47)35(31,3)21-30(33)27-11-13-28(14-12-27)48-22-26-9-7-6-8-10-26/h6-14,29-31,43-44H,15-25,47H2,1-5H3/t29?,30?,31?,35-,36-,37?,38+,40-/m0/s1. The molecule has 262 valence electrons. The Labute approximate surface area is 292 Å². The van der Waals surface area contributed by atoms with E-state index in [9.17, 15) is 10.2 Å². The number of hydrogen-bond donors (Lipinski definition) is 2. The van der Waals surface area contributed by atoms with Crippen molar-refractivity contribution in [2.24, 2.45) is 22.7 Å². The van der Waals surface area contributed by atoms with Crippen LogP contribution in [0, 0.1) is 22.7 Å². The molecule has 0 radical (unpaired) electrons. The summed E-state index contributed by atoms with van der Waals surface area (Å²) < 4.78 is 45.3. The highest BCUT2D eigenvalue weighted by molar-refractivity contribution is 7.98. The van der Waals surface area contributed by atoms with Crippen molar-refractivity contribution in [3.8, 4) is 0 Å². The van der Waals surface area contributed by atoms with Crippen LogP contribution in [-0.2, 0) is 15.2 Å². The fourth-order valence-corrected chi connectivity index (χ4v) is 11.4. The fourth-order valence-electron chi connectivity index (χ4n) is 10.3. The van der Waals surface area contributed by atoms with Crippen LogP contribution in [0.2, 0.25) is 0 Å². The van der Waals surface area contributed by atoms with Crippen molar-refractivity contribution in [3.05, 3.63) is 76.9 Å². The van der Waals surface area contributed by atoms with Crippen molar-refractivity contribution >= 4 is 21.0 Å². The first-order valence-corrected chi connectivity index (χ1v) is 19.4. The van der Waals surface area contributed by atoms with E-state index in [0.717, 1.165) is 28.2 Å². The molecule has 1 spiro atoms. The molecule has 7 rings (SSSR count). The number of thioether (sulfide) groups is 1. The highest BCUT2D eigenvalue weighted by atomic mass is 32.2. The topological polar surface area (TPSA) is 58.9 Å². The van der Waals surface area contributed by atoms with Gasteiger partial charge in [-0.2, -0.15) is 0 Å². The van der Waals surface area contributed by atoms with Gasteiger partial charge in [-0.25, -0.2) is 8.78 Å². The molecular formula is C40H53F2O4PS. The van der Waals surface area contributed by atoms with Gasteiger partial charge in [-0.3, -0.25) is 0 Å². The number of halogens is 2. The summed E-state index contributed by atoms with van der Waals surface area (Å²) in [4.78, 5) is 1.16. The van der Waals surface area contributed by atoms with Crippen LogP contribution < -0.4 is 0 Å². The van der Waals surface area contributed by atoms with E-state index >= 15 is 8.78 Å². The van der Waals surface area contributed by atoms with E-state index in [4.69, 9.17) is 9.47 Å². The molecular weight excluding hydrogens is 645 g/mol. The molecule has 9 atom stereocenters. The number of benzene rings is 2. The van der Waals surface area contributed by atoms with Crippen LogP contribution in [0.3, 0.4) is 0 Å². The van der Waals surface area contributed by atoms with E-state index < -0.39 is 33.5 Å². The Morgan fingerprint density at radius 2 is 1.58 bits per heavy atom. The summed E-state index contributed by atoms with van der Waals surface area (Å²) in [6.45, 7) is 9.96. The third-order valence-electron chi connectivity index (χ3n) is 13.2. The van der Waals surface area contributed by atoms with E-state index in [1.807, 2.05) is 22.2 Å². The zero-order valence-electron chi connectivity index (χ0n) is 29.2. The highest BCUT2D eigenvalue weighted by Crippen LogP contribution is 2.71. The molecule has 1 heterocycles. The Hall–Kier alpha value is -1.34. The normalized spacial score (nSPS) is 38.0. The fraction of sp³-hybridized carbons (Fsp3) is 0.650. The summed E-state index contributed by atoms with van der Waals surface area (Å²) in [6, 6.07) is 19.1. The lowest BCUT2D eigenvalue weighted by molar-refractivity contribution is -0.322. The van der Waals surface area contributed by atoms with Crippen molar-refractivity contribution in [2.75, 3.05) is 13.2 Å². The van der Waals surface area contributed by atoms with Crippen LogP contribution in [-0.4, -0.2) is 51.5 Å². The quantitative estimate of drug-likeness (QED) is 0.179. The highest BCUT2D eigenvalue weighted by Gasteiger charge is 2.73. The summed E-state index contributed by atoms with van der Waals surface area (Å²) in [6.07, 6.45) is 4.38. The molecule has 2 aromatic rings. The summed E-state index contributed by atoms with van der Waals surface area (Å²) in [5, 5.41) is 22.7. The summed E-state index contributed by atoms with van der Waals surface area (Å²) in [5.74, 6) is -0.00449. The average Bonchev–Trinajstić information content (AvgIpc) is 3.32. The van der Waals surface area contributed by atoms with E-state index in [-0.39, 0.29) is 29.6 Å². The van der Waals surface area contributed by atoms with Gasteiger partial charge in [0.2, 0.25) is 0 Å². The molecule has 2 N–H and O–H groups in total. The average molecular weight is 699 g/mol. The maximum absolute atomic E-state index is 16.8.